The summed E-state index contributed by atoms with van der Waals surface area (Å²) in [5.74, 6) is -1.26. The van der Waals surface area contributed by atoms with Gasteiger partial charge in [-0.05, 0) is 59.0 Å². The molecule has 136 valence electrons. The predicted octanol–water partition coefficient (Wildman–Crippen LogP) is 4.28. The summed E-state index contributed by atoms with van der Waals surface area (Å²) in [5.41, 5.74) is 2.24. The van der Waals surface area contributed by atoms with Gasteiger partial charge in [0.1, 0.15) is 5.82 Å². The molecule has 6 heteroatoms. The zero-order chi connectivity index (χ0) is 18.1. The number of amides is 2. The second kappa shape index (κ2) is 7.19. The molecule has 2 amide bonds. The van der Waals surface area contributed by atoms with Gasteiger partial charge in [0.25, 0.3) is 0 Å². The number of benzene rings is 1. The van der Waals surface area contributed by atoms with E-state index in [-0.39, 0.29) is 30.1 Å². The second-order valence-electron chi connectivity index (χ2n) is 7.07. The smallest absolute Gasteiger partial charge is 0.231 e. The SMILES string of the molecule is O=C1C[C@@H](C(=O)N(Cc2ccsc2)C2CCCC2)c2cc(F)ccc2N1. The molecule has 2 aromatic rings. The van der Waals surface area contributed by atoms with Crippen LogP contribution in [-0.4, -0.2) is 22.8 Å². The lowest BCUT2D eigenvalue weighted by Gasteiger charge is -2.34. The number of fused-ring (bicyclic) bond motifs is 1. The molecule has 0 unspecified atom stereocenters. The zero-order valence-electron chi connectivity index (χ0n) is 14.4. The highest BCUT2D eigenvalue weighted by atomic mass is 32.1. The van der Waals surface area contributed by atoms with Crippen LogP contribution < -0.4 is 5.32 Å². The Bertz CT molecular complexity index is 815. The fourth-order valence-electron chi connectivity index (χ4n) is 4.04. The maximum absolute atomic E-state index is 13.8. The Morgan fingerprint density at radius 2 is 2.08 bits per heavy atom. The summed E-state index contributed by atoms with van der Waals surface area (Å²) in [7, 11) is 0. The Hall–Kier alpha value is -2.21. The minimum absolute atomic E-state index is 0.0650. The number of anilines is 1. The molecule has 0 spiro atoms. The van der Waals surface area contributed by atoms with Gasteiger partial charge in [0.2, 0.25) is 11.8 Å². The molecular weight excluding hydrogens is 351 g/mol. The van der Waals surface area contributed by atoms with Crippen LogP contribution in [0.15, 0.2) is 35.0 Å². The van der Waals surface area contributed by atoms with Gasteiger partial charge in [0, 0.05) is 24.7 Å². The average Bonchev–Trinajstić information content (AvgIpc) is 3.32. The molecule has 26 heavy (non-hydrogen) atoms. The van der Waals surface area contributed by atoms with Crippen molar-refractivity contribution in [1.82, 2.24) is 4.90 Å². The second-order valence-corrected chi connectivity index (χ2v) is 7.85. The predicted molar refractivity (Wildman–Crippen MR) is 99.5 cm³/mol. The van der Waals surface area contributed by atoms with E-state index >= 15 is 0 Å². The van der Waals surface area contributed by atoms with E-state index in [0.29, 0.717) is 17.8 Å². The molecule has 4 nitrogen and oxygen atoms in total. The Morgan fingerprint density at radius 1 is 1.27 bits per heavy atom. The largest absolute Gasteiger partial charge is 0.335 e. The molecule has 2 aliphatic rings. The molecule has 0 saturated heterocycles. The Labute approximate surface area is 156 Å². The molecule has 1 fully saturated rings. The van der Waals surface area contributed by atoms with Crippen LogP contribution >= 0.6 is 11.3 Å². The van der Waals surface area contributed by atoms with E-state index in [2.05, 4.69) is 10.7 Å². The van der Waals surface area contributed by atoms with Crippen molar-refractivity contribution in [2.45, 2.75) is 50.6 Å². The summed E-state index contributed by atoms with van der Waals surface area (Å²) in [6.07, 6.45) is 4.29. The van der Waals surface area contributed by atoms with Gasteiger partial charge < -0.3 is 10.2 Å². The molecule has 0 bridgehead atoms. The van der Waals surface area contributed by atoms with Gasteiger partial charge in [0.15, 0.2) is 0 Å². The summed E-state index contributed by atoms with van der Waals surface area (Å²) < 4.78 is 13.8. The van der Waals surface area contributed by atoms with Gasteiger partial charge in [-0.1, -0.05) is 12.8 Å². The molecule has 0 radical (unpaired) electrons. The molecule has 1 aromatic carbocycles. The highest BCUT2D eigenvalue weighted by Crippen LogP contribution is 2.36. The lowest BCUT2D eigenvalue weighted by Crippen LogP contribution is -2.43. The molecule has 4 rings (SSSR count). The molecule has 1 aliphatic heterocycles. The third kappa shape index (κ3) is 3.38. The van der Waals surface area contributed by atoms with Gasteiger partial charge >= 0.3 is 0 Å². The molecule has 1 aromatic heterocycles. The lowest BCUT2D eigenvalue weighted by atomic mass is 9.88. The molecule has 1 aliphatic carbocycles. The Kier molecular flexibility index (Phi) is 4.76. The van der Waals surface area contributed by atoms with Crippen molar-refractivity contribution < 1.29 is 14.0 Å². The van der Waals surface area contributed by atoms with Crippen molar-refractivity contribution in [3.05, 3.63) is 52.0 Å². The first kappa shape index (κ1) is 17.2. The first-order valence-corrected chi connectivity index (χ1v) is 9.97. The third-order valence-corrected chi connectivity index (χ3v) is 6.06. The summed E-state index contributed by atoms with van der Waals surface area (Å²) in [6.45, 7) is 0.551. The quantitative estimate of drug-likeness (QED) is 0.871. The standard InChI is InChI=1S/C20H21FN2O2S/c21-14-5-6-18-16(9-14)17(10-19(24)22-18)20(25)23(15-3-1-2-4-15)11-13-7-8-26-12-13/h5-9,12,15,17H,1-4,10-11H2,(H,22,24)/t17-/m1/s1. The minimum Gasteiger partial charge on any atom is -0.335 e. The molecule has 1 atom stereocenters. The van der Waals surface area contributed by atoms with Crippen LogP contribution in [0.2, 0.25) is 0 Å². The Balaban J connectivity index is 1.67. The van der Waals surface area contributed by atoms with Gasteiger partial charge in [0.05, 0.1) is 5.92 Å². The number of halogens is 1. The summed E-state index contributed by atoms with van der Waals surface area (Å²) in [6, 6.07) is 6.47. The van der Waals surface area contributed by atoms with Crippen molar-refractivity contribution in [2.75, 3.05) is 5.32 Å². The number of hydrogen-bond acceptors (Lipinski definition) is 3. The van der Waals surface area contributed by atoms with E-state index < -0.39 is 5.92 Å². The van der Waals surface area contributed by atoms with Crippen molar-refractivity contribution in [2.24, 2.45) is 0 Å². The van der Waals surface area contributed by atoms with Crippen LogP contribution in [0.1, 0.15) is 49.1 Å². The van der Waals surface area contributed by atoms with Crippen LogP contribution in [0, 0.1) is 5.82 Å². The van der Waals surface area contributed by atoms with Crippen molar-refractivity contribution in [1.29, 1.82) is 0 Å². The maximum Gasteiger partial charge on any atom is 0.231 e. The maximum atomic E-state index is 13.8. The topological polar surface area (TPSA) is 49.4 Å². The number of carbonyl (C=O) groups excluding carboxylic acids is 2. The summed E-state index contributed by atoms with van der Waals surface area (Å²) >= 11 is 1.61. The van der Waals surface area contributed by atoms with Crippen LogP contribution in [0.4, 0.5) is 10.1 Å². The number of nitrogens with one attached hydrogen (secondary N) is 1. The van der Waals surface area contributed by atoms with Crippen LogP contribution in [0.3, 0.4) is 0 Å². The first-order valence-electron chi connectivity index (χ1n) is 9.02. The first-order chi connectivity index (χ1) is 12.6. The minimum atomic E-state index is -0.617. The molecule has 1 N–H and O–H groups in total. The molecular formula is C20H21FN2O2S. The third-order valence-electron chi connectivity index (χ3n) is 5.33. The van der Waals surface area contributed by atoms with E-state index in [1.807, 2.05) is 16.3 Å². The van der Waals surface area contributed by atoms with E-state index in [0.717, 1.165) is 31.2 Å². The van der Waals surface area contributed by atoms with Crippen LogP contribution in [0.5, 0.6) is 0 Å². The van der Waals surface area contributed by atoms with E-state index in [1.54, 1.807) is 17.4 Å². The highest BCUT2D eigenvalue weighted by Gasteiger charge is 2.37. The monoisotopic (exact) mass is 372 g/mol. The molecule has 2 heterocycles. The van der Waals surface area contributed by atoms with Gasteiger partial charge in [-0.2, -0.15) is 11.3 Å². The number of carbonyl (C=O) groups is 2. The van der Waals surface area contributed by atoms with Crippen molar-refractivity contribution in [3.8, 4) is 0 Å². The number of hydrogen-bond donors (Lipinski definition) is 1. The number of thiophene rings is 1. The fourth-order valence-corrected chi connectivity index (χ4v) is 4.69. The Morgan fingerprint density at radius 3 is 2.81 bits per heavy atom. The van der Waals surface area contributed by atoms with E-state index in [1.165, 1.54) is 12.1 Å². The van der Waals surface area contributed by atoms with E-state index in [4.69, 9.17) is 0 Å². The lowest BCUT2D eigenvalue weighted by molar-refractivity contribution is -0.137. The summed E-state index contributed by atoms with van der Waals surface area (Å²) in [4.78, 5) is 27.5. The average molecular weight is 372 g/mol. The number of nitrogens with zero attached hydrogens (tertiary/aromatic N) is 1. The highest BCUT2D eigenvalue weighted by molar-refractivity contribution is 7.07. The zero-order valence-corrected chi connectivity index (χ0v) is 15.2. The molecule has 1 saturated carbocycles. The number of rotatable bonds is 4. The van der Waals surface area contributed by atoms with Gasteiger partial charge in [-0.15, -0.1) is 0 Å². The van der Waals surface area contributed by atoms with Crippen LogP contribution in [-0.2, 0) is 16.1 Å². The van der Waals surface area contributed by atoms with Gasteiger partial charge in [-0.25, -0.2) is 4.39 Å². The van der Waals surface area contributed by atoms with Gasteiger partial charge in [-0.3, -0.25) is 9.59 Å². The van der Waals surface area contributed by atoms with E-state index in [9.17, 15) is 14.0 Å². The van der Waals surface area contributed by atoms with Crippen LogP contribution in [0.25, 0.3) is 0 Å². The van der Waals surface area contributed by atoms with Crippen molar-refractivity contribution >= 4 is 28.8 Å². The van der Waals surface area contributed by atoms with Crippen molar-refractivity contribution in [3.63, 3.8) is 0 Å². The fraction of sp³-hybridized carbons (Fsp3) is 0.400. The normalized spacial score (nSPS) is 19.9. The summed E-state index contributed by atoms with van der Waals surface area (Å²) in [5, 5.41) is 6.81.